The SMILES string of the molecule is COC(=O)C1=C(C)NC(C)=C(C(=O)OCC(C)(C)O)[C@@H]1c1ccccc1[N+](=O)[O-]. The third-order valence-electron chi connectivity index (χ3n) is 4.39. The van der Waals surface area contributed by atoms with Crippen molar-refractivity contribution in [2.24, 2.45) is 0 Å². The molecule has 9 heteroatoms. The van der Waals surface area contributed by atoms with Gasteiger partial charge in [-0.05, 0) is 27.7 Å². The second kappa shape index (κ2) is 8.44. The predicted molar refractivity (Wildman–Crippen MR) is 104 cm³/mol. The van der Waals surface area contributed by atoms with Crippen LogP contribution in [0.25, 0.3) is 0 Å². The number of allylic oxidation sites excluding steroid dienone is 2. The molecule has 1 aliphatic heterocycles. The number of dihydropyridines is 1. The highest BCUT2D eigenvalue weighted by molar-refractivity contribution is 6.00. The Balaban J connectivity index is 2.68. The molecule has 156 valence electrons. The van der Waals surface area contributed by atoms with Crippen LogP contribution in [-0.2, 0) is 19.1 Å². The molecule has 0 fully saturated rings. The van der Waals surface area contributed by atoms with Crippen molar-refractivity contribution in [3.8, 4) is 0 Å². The summed E-state index contributed by atoms with van der Waals surface area (Å²) in [5.41, 5.74) is -0.438. The van der Waals surface area contributed by atoms with Crippen LogP contribution in [-0.4, -0.2) is 41.3 Å². The lowest BCUT2D eigenvalue weighted by atomic mass is 9.79. The highest BCUT2D eigenvalue weighted by Crippen LogP contribution is 2.42. The molecule has 2 rings (SSSR count). The van der Waals surface area contributed by atoms with Crippen LogP contribution in [0.4, 0.5) is 5.69 Å². The molecule has 29 heavy (non-hydrogen) atoms. The number of rotatable bonds is 6. The summed E-state index contributed by atoms with van der Waals surface area (Å²) in [5, 5.41) is 24.4. The fourth-order valence-corrected chi connectivity index (χ4v) is 3.17. The molecule has 0 amide bonds. The fourth-order valence-electron chi connectivity index (χ4n) is 3.17. The average Bonchev–Trinajstić information content (AvgIpc) is 2.64. The van der Waals surface area contributed by atoms with Gasteiger partial charge in [0.2, 0.25) is 0 Å². The van der Waals surface area contributed by atoms with E-state index in [1.165, 1.54) is 39.2 Å². The highest BCUT2D eigenvalue weighted by Gasteiger charge is 2.41. The van der Waals surface area contributed by atoms with Crippen molar-refractivity contribution in [1.82, 2.24) is 5.32 Å². The van der Waals surface area contributed by atoms with Gasteiger partial charge in [0.15, 0.2) is 0 Å². The maximum absolute atomic E-state index is 12.9. The van der Waals surface area contributed by atoms with Gasteiger partial charge in [0, 0.05) is 23.0 Å². The van der Waals surface area contributed by atoms with E-state index in [9.17, 15) is 24.8 Å². The van der Waals surface area contributed by atoms with E-state index in [1.54, 1.807) is 19.9 Å². The van der Waals surface area contributed by atoms with E-state index in [0.717, 1.165) is 0 Å². The molecule has 9 nitrogen and oxygen atoms in total. The Bertz CT molecular complexity index is 910. The summed E-state index contributed by atoms with van der Waals surface area (Å²) in [6.45, 7) is 5.90. The van der Waals surface area contributed by atoms with E-state index in [-0.39, 0.29) is 29.0 Å². The second-order valence-electron chi connectivity index (χ2n) is 7.33. The summed E-state index contributed by atoms with van der Waals surface area (Å²) >= 11 is 0. The molecular formula is C20H24N2O7. The number of nitrogens with zero attached hydrogens (tertiary/aromatic N) is 1. The molecule has 1 heterocycles. The number of methoxy groups -OCH3 is 1. The van der Waals surface area contributed by atoms with Crippen LogP contribution in [0.2, 0.25) is 0 Å². The third kappa shape index (κ3) is 4.80. The van der Waals surface area contributed by atoms with Crippen LogP contribution < -0.4 is 5.32 Å². The van der Waals surface area contributed by atoms with Crippen LogP contribution in [0.5, 0.6) is 0 Å². The number of nitro benzene ring substituents is 1. The Morgan fingerprint density at radius 2 is 1.72 bits per heavy atom. The van der Waals surface area contributed by atoms with E-state index in [0.29, 0.717) is 11.4 Å². The van der Waals surface area contributed by atoms with Gasteiger partial charge in [0.05, 0.1) is 34.7 Å². The number of hydrogen-bond acceptors (Lipinski definition) is 8. The van der Waals surface area contributed by atoms with Gasteiger partial charge >= 0.3 is 11.9 Å². The van der Waals surface area contributed by atoms with Crippen molar-refractivity contribution in [2.45, 2.75) is 39.2 Å². The maximum Gasteiger partial charge on any atom is 0.336 e. The van der Waals surface area contributed by atoms with Crippen molar-refractivity contribution in [3.05, 3.63) is 62.5 Å². The molecule has 0 spiro atoms. The quantitative estimate of drug-likeness (QED) is 0.420. The van der Waals surface area contributed by atoms with Crippen LogP contribution in [0.1, 0.15) is 39.2 Å². The Morgan fingerprint density at radius 3 is 2.24 bits per heavy atom. The van der Waals surface area contributed by atoms with Gasteiger partial charge < -0.3 is 19.9 Å². The van der Waals surface area contributed by atoms with Crippen molar-refractivity contribution in [1.29, 1.82) is 0 Å². The Labute approximate surface area is 168 Å². The zero-order valence-corrected chi connectivity index (χ0v) is 16.9. The number of esters is 2. The van der Waals surface area contributed by atoms with Crippen LogP contribution in [0.3, 0.4) is 0 Å². The lowest BCUT2D eigenvalue weighted by molar-refractivity contribution is -0.385. The predicted octanol–water partition coefficient (Wildman–Crippen LogP) is 2.32. The minimum absolute atomic E-state index is 0.0366. The number of para-hydroxylation sites is 1. The van der Waals surface area contributed by atoms with Crippen molar-refractivity contribution in [3.63, 3.8) is 0 Å². The fraction of sp³-hybridized carbons (Fsp3) is 0.400. The summed E-state index contributed by atoms with van der Waals surface area (Å²) < 4.78 is 10.1. The number of ether oxygens (including phenoxy) is 2. The number of benzene rings is 1. The van der Waals surface area contributed by atoms with Crippen LogP contribution in [0.15, 0.2) is 46.8 Å². The van der Waals surface area contributed by atoms with E-state index >= 15 is 0 Å². The molecule has 0 aromatic heterocycles. The summed E-state index contributed by atoms with van der Waals surface area (Å²) in [7, 11) is 1.19. The molecule has 0 bridgehead atoms. The number of hydrogen-bond donors (Lipinski definition) is 2. The van der Waals surface area contributed by atoms with Gasteiger partial charge in [0.25, 0.3) is 5.69 Å². The van der Waals surface area contributed by atoms with Gasteiger partial charge in [-0.2, -0.15) is 0 Å². The van der Waals surface area contributed by atoms with Gasteiger partial charge in [-0.25, -0.2) is 9.59 Å². The molecule has 0 unspecified atom stereocenters. The molecule has 0 radical (unpaired) electrons. The first-order valence-electron chi connectivity index (χ1n) is 8.87. The number of nitro groups is 1. The lowest BCUT2D eigenvalue weighted by Gasteiger charge is -2.30. The Morgan fingerprint density at radius 1 is 1.17 bits per heavy atom. The zero-order valence-electron chi connectivity index (χ0n) is 16.9. The average molecular weight is 404 g/mol. The monoisotopic (exact) mass is 404 g/mol. The maximum atomic E-state index is 12.9. The molecule has 2 N–H and O–H groups in total. The van der Waals surface area contributed by atoms with E-state index < -0.39 is 28.4 Å². The molecule has 1 aromatic rings. The molecular weight excluding hydrogens is 380 g/mol. The zero-order chi connectivity index (χ0) is 21.9. The van der Waals surface area contributed by atoms with Crippen molar-refractivity contribution < 1.29 is 29.1 Å². The standard InChI is InChI=1S/C20H24N2O7/c1-11-15(18(23)28-5)17(13-8-6-7-9-14(13)22(26)27)16(12(2)21-11)19(24)29-10-20(3,4)25/h6-9,17,21,25H,10H2,1-5H3/t17-/m1/s1. The summed E-state index contributed by atoms with van der Waals surface area (Å²) in [5.74, 6) is -2.59. The van der Waals surface area contributed by atoms with E-state index in [1.807, 2.05) is 0 Å². The molecule has 1 atom stereocenters. The van der Waals surface area contributed by atoms with Crippen molar-refractivity contribution >= 4 is 17.6 Å². The van der Waals surface area contributed by atoms with E-state index in [4.69, 9.17) is 9.47 Å². The summed E-state index contributed by atoms with van der Waals surface area (Å²) in [6.07, 6.45) is 0. The first-order valence-corrected chi connectivity index (χ1v) is 8.87. The topological polar surface area (TPSA) is 128 Å². The molecule has 0 saturated heterocycles. The summed E-state index contributed by atoms with van der Waals surface area (Å²) in [4.78, 5) is 36.5. The normalized spacial score (nSPS) is 17.0. The number of nitrogens with one attached hydrogen (secondary N) is 1. The molecule has 0 saturated carbocycles. The smallest absolute Gasteiger partial charge is 0.336 e. The number of carbonyl (C=O) groups is 2. The van der Waals surface area contributed by atoms with Crippen molar-refractivity contribution in [2.75, 3.05) is 13.7 Å². The molecule has 0 aliphatic carbocycles. The Kier molecular flexibility index (Phi) is 6.43. The molecule has 1 aromatic carbocycles. The second-order valence-corrected chi connectivity index (χ2v) is 7.33. The Hall–Kier alpha value is -3.20. The number of carbonyl (C=O) groups excluding carboxylic acids is 2. The van der Waals surface area contributed by atoms with Gasteiger partial charge in [0.1, 0.15) is 6.61 Å². The largest absolute Gasteiger partial charge is 0.466 e. The van der Waals surface area contributed by atoms with Gasteiger partial charge in [-0.3, -0.25) is 10.1 Å². The highest BCUT2D eigenvalue weighted by atomic mass is 16.6. The lowest BCUT2D eigenvalue weighted by Crippen LogP contribution is -2.34. The van der Waals surface area contributed by atoms with Crippen LogP contribution >= 0.6 is 0 Å². The summed E-state index contributed by atoms with van der Waals surface area (Å²) in [6, 6.07) is 5.88. The van der Waals surface area contributed by atoms with Gasteiger partial charge in [-0.1, -0.05) is 18.2 Å². The van der Waals surface area contributed by atoms with E-state index in [2.05, 4.69) is 5.32 Å². The number of aliphatic hydroxyl groups is 1. The first-order chi connectivity index (χ1) is 13.5. The minimum atomic E-state index is -1.27. The van der Waals surface area contributed by atoms with Crippen LogP contribution in [0, 0.1) is 10.1 Å². The third-order valence-corrected chi connectivity index (χ3v) is 4.39. The van der Waals surface area contributed by atoms with Gasteiger partial charge in [-0.15, -0.1) is 0 Å². The first kappa shape index (κ1) is 22.1. The molecule has 1 aliphatic rings. The minimum Gasteiger partial charge on any atom is -0.466 e.